The Hall–Kier alpha value is -2.40. The number of carbonyl (C=O) groups is 1. The number of hydrogen-bond donors (Lipinski definition) is 1. The second-order valence-electron chi connectivity index (χ2n) is 5.67. The first kappa shape index (κ1) is 16.5. The fourth-order valence-corrected chi connectivity index (χ4v) is 2.91. The quantitative estimate of drug-likeness (QED) is 0.717. The van der Waals surface area contributed by atoms with Crippen LogP contribution in [0.25, 0.3) is 11.0 Å². The predicted octanol–water partition coefficient (Wildman–Crippen LogP) is 4.18. The van der Waals surface area contributed by atoms with Gasteiger partial charge in [0.2, 0.25) is 0 Å². The maximum absolute atomic E-state index is 12.3. The highest BCUT2D eigenvalue weighted by Crippen LogP contribution is 2.19. The fraction of sp³-hybridized carbons (Fsp3) is 0.158. The van der Waals surface area contributed by atoms with E-state index in [0.717, 1.165) is 26.9 Å². The number of amides is 1. The molecule has 5 heteroatoms. The summed E-state index contributed by atoms with van der Waals surface area (Å²) in [6.07, 6.45) is 0. The lowest BCUT2D eigenvalue weighted by atomic mass is 10.1. The Morgan fingerprint density at radius 3 is 2.79 bits per heavy atom. The van der Waals surface area contributed by atoms with Crippen LogP contribution in [0.2, 0.25) is 0 Å². The summed E-state index contributed by atoms with van der Waals surface area (Å²) in [4.78, 5) is 17.0. The molecule has 0 aliphatic carbocycles. The average molecular weight is 384 g/mol. The molecule has 0 spiro atoms. The summed E-state index contributed by atoms with van der Waals surface area (Å²) < 4.78 is 2.92. The highest BCUT2D eigenvalue weighted by molar-refractivity contribution is 9.11. The molecule has 4 nitrogen and oxygen atoms in total. The van der Waals surface area contributed by atoms with Crippen molar-refractivity contribution in [3.05, 3.63) is 76.5 Å². The fourth-order valence-electron chi connectivity index (χ4n) is 2.66. The van der Waals surface area contributed by atoms with Gasteiger partial charge >= 0.3 is 0 Å². The molecule has 122 valence electrons. The van der Waals surface area contributed by atoms with Crippen molar-refractivity contribution in [1.82, 2.24) is 14.9 Å². The van der Waals surface area contributed by atoms with Gasteiger partial charge in [0, 0.05) is 10.0 Å². The molecule has 3 aromatic rings. The van der Waals surface area contributed by atoms with Gasteiger partial charge < -0.3 is 9.88 Å². The Morgan fingerprint density at radius 1 is 1.25 bits per heavy atom. The Balaban J connectivity index is 1.84. The lowest BCUT2D eigenvalue weighted by Gasteiger charge is -2.10. The van der Waals surface area contributed by atoms with E-state index in [1.807, 2.05) is 55.5 Å². The number of aryl methyl sites for hydroxylation is 1. The first-order valence-corrected chi connectivity index (χ1v) is 8.46. The van der Waals surface area contributed by atoms with Crippen molar-refractivity contribution in [1.29, 1.82) is 0 Å². The second-order valence-corrected chi connectivity index (χ2v) is 6.79. The van der Waals surface area contributed by atoms with Crippen molar-refractivity contribution in [2.24, 2.45) is 0 Å². The standard InChI is InChI=1S/C19H18BrN3O/c1-13-6-5-7-15(10-13)19(24)21-11-18-22-16-8-3-4-9-17(16)23(18)12-14(2)20/h3-10H,2,11-12H2,1H3,(H,21,24). The third kappa shape index (κ3) is 3.57. The summed E-state index contributed by atoms with van der Waals surface area (Å²) in [6, 6.07) is 15.5. The van der Waals surface area contributed by atoms with E-state index in [1.54, 1.807) is 0 Å². The topological polar surface area (TPSA) is 46.9 Å². The van der Waals surface area contributed by atoms with Gasteiger partial charge in [-0.05, 0) is 31.2 Å². The number of rotatable bonds is 5. The summed E-state index contributed by atoms with van der Waals surface area (Å²) in [7, 11) is 0. The molecule has 0 fully saturated rings. The van der Waals surface area contributed by atoms with E-state index in [-0.39, 0.29) is 5.91 Å². The number of allylic oxidation sites excluding steroid dienone is 1. The van der Waals surface area contributed by atoms with E-state index in [2.05, 4.69) is 37.4 Å². The van der Waals surface area contributed by atoms with E-state index in [1.165, 1.54) is 0 Å². The van der Waals surface area contributed by atoms with E-state index in [0.29, 0.717) is 18.7 Å². The lowest BCUT2D eigenvalue weighted by molar-refractivity contribution is 0.0949. The molecule has 3 rings (SSSR count). The minimum Gasteiger partial charge on any atom is -0.345 e. The number of halogens is 1. The SMILES string of the molecule is C=C(Br)Cn1c(CNC(=O)c2cccc(C)c2)nc2ccccc21. The van der Waals surface area contributed by atoms with Crippen LogP contribution in [0, 0.1) is 6.92 Å². The molecule has 1 amide bonds. The number of para-hydroxylation sites is 2. The zero-order valence-electron chi connectivity index (χ0n) is 13.4. The third-order valence-electron chi connectivity index (χ3n) is 3.75. The Morgan fingerprint density at radius 2 is 2.04 bits per heavy atom. The highest BCUT2D eigenvalue weighted by Gasteiger charge is 2.12. The lowest BCUT2D eigenvalue weighted by Crippen LogP contribution is -2.24. The zero-order valence-corrected chi connectivity index (χ0v) is 15.0. The Labute approximate surface area is 149 Å². The highest BCUT2D eigenvalue weighted by atomic mass is 79.9. The van der Waals surface area contributed by atoms with E-state index in [9.17, 15) is 4.79 Å². The van der Waals surface area contributed by atoms with Gasteiger partial charge in [0.25, 0.3) is 5.91 Å². The molecule has 24 heavy (non-hydrogen) atoms. The first-order chi connectivity index (χ1) is 11.5. The Bertz CT molecular complexity index is 914. The molecule has 0 saturated heterocycles. The summed E-state index contributed by atoms with van der Waals surface area (Å²) in [5, 5.41) is 2.95. The number of nitrogens with one attached hydrogen (secondary N) is 1. The number of hydrogen-bond acceptors (Lipinski definition) is 2. The van der Waals surface area contributed by atoms with Crippen LogP contribution >= 0.6 is 15.9 Å². The largest absolute Gasteiger partial charge is 0.345 e. The van der Waals surface area contributed by atoms with Crippen molar-refractivity contribution in [2.75, 3.05) is 0 Å². The molecular weight excluding hydrogens is 366 g/mol. The van der Waals surface area contributed by atoms with Crippen molar-refractivity contribution >= 4 is 32.9 Å². The maximum Gasteiger partial charge on any atom is 0.251 e. The van der Waals surface area contributed by atoms with Crippen LogP contribution in [-0.2, 0) is 13.1 Å². The third-order valence-corrected chi connectivity index (χ3v) is 4.00. The molecule has 1 aromatic heterocycles. The summed E-state index contributed by atoms with van der Waals surface area (Å²) >= 11 is 3.41. The average Bonchev–Trinajstić information content (AvgIpc) is 2.90. The van der Waals surface area contributed by atoms with Gasteiger partial charge in [-0.1, -0.05) is 52.3 Å². The van der Waals surface area contributed by atoms with Gasteiger partial charge in [-0.3, -0.25) is 4.79 Å². The molecule has 2 aromatic carbocycles. The van der Waals surface area contributed by atoms with Crippen LogP contribution in [0.1, 0.15) is 21.7 Å². The number of fused-ring (bicyclic) bond motifs is 1. The van der Waals surface area contributed by atoms with Crippen LogP contribution in [0.5, 0.6) is 0 Å². The van der Waals surface area contributed by atoms with Crippen molar-refractivity contribution in [2.45, 2.75) is 20.0 Å². The van der Waals surface area contributed by atoms with Gasteiger partial charge in [-0.15, -0.1) is 0 Å². The smallest absolute Gasteiger partial charge is 0.251 e. The molecular formula is C19H18BrN3O. The molecule has 0 atom stereocenters. The molecule has 0 aliphatic rings. The monoisotopic (exact) mass is 383 g/mol. The van der Waals surface area contributed by atoms with Crippen LogP contribution in [0.15, 0.2) is 59.6 Å². The minimum atomic E-state index is -0.102. The summed E-state index contributed by atoms with van der Waals surface area (Å²) in [5.41, 5.74) is 3.65. The molecule has 0 saturated carbocycles. The van der Waals surface area contributed by atoms with Crippen molar-refractivity contribution in [3.8, 4) is 0 Å². The van der Waals surface area contributed by atoms with Crippen molar-refractivity contribution in [3.63, 3.8) is 0 Å². The van der Waals surface area contributed by atoms with Crippen LogP contribution < -0.4 is 5.32 Å². The normalized spacial score (nSPS) is 10.8. The zero-order chi connectivity index (χ0) is 17.1. The number of nitrogens with zero attached hydrogens (tertiary/aromatic N) is 2. The maximum atomic E-state index is 12.3. The number of carbonyl (C=O) groups excluding carboxylic acids is 1. The number of imidazole rings is 1. The van der Waals surface area contributed by atoms with Crippen LogP contribution in [0.4, 0.5) is 0 Å². The molecule has 0 bridgehead atoms. The molecule has 1 N–H and O–H groups in total. The second kappa shape index (κ2) is 7.01. The first-order valence-electron chi connectivity index (χ1n) is 7.67. The van der Waals surface area contributed by atoms with E-state index in [4.69, 9.17) is 0 Å². The van der Waals surface area contributed by atoms with Gasteiger partial charge in [-0.2, -0.15) is 0 Å². The minimum absolute atomic E-state index is 0.102. The van der Waals surface area contributed by atoms with E-state index < -0.39 is 0 Å². The van der Waals surface area contributed by atoms with Crippen LogP contribution in [-0.4, -0.2) is 15.5 Å². The van der Waals surface area contributed by atoms with Gasteiger partial charge in [0.1, 0.15) is 5.82 Å². The molecule has 0 aliphatic heterocycles. The molecule has 1 heterocycles. The summed E-state index contributed by atoms with van der Waals surface area (Å²) in [5.74, 6) is 0.702. The van der Waals surface area contributed by atoms with Crippen molar-refractivity contribution < 1.29 is 4.79 Å². The Kier molecular flexibility index (Phi) is 4.81. The van der Waals surface area contributed by atoms with Gasteiger partial charge in [-0.25, -0.2) is 4.98 Å². The van der Waals surface area contributed by atoms with Crippen LogP contribution in [0.3, 0.4) is 0 Å². The summed E-state index contributed by atoms with van der Waals surface area (Å²) in [6.45, 7) is 6.85. The molecule has 0 radical (unpaired) electrons. The van der Waals surface area contributed by atoms with Gasteiger partial charge in [0.05, 0.1) is 24.1 Å². The number of benzene rings is 2. The van der Waals surface area contributed by atoms with E-state index >= 15 is 0 Å². The predicted molar refractivity (Wildman–Crippen MR) is 100 cm³/mol. The molecule has 0 unspecified atom stereocenters. The van der Waals surface area contributed by atoms with Gasteiger partial charge in [0.15, 0.2) is 0 Å². The number of aromatic nitrogens is 2.